The fourth-order valence-corrected chi connectivity index (χ4v) is 3.45. The Labute approximate surface area is 124 Å². The lowest BCUT2D eigenvalue weighted by Crippen LogP contribution is -2.51. The van der Waals surface area contributed by atoms with Crippen LogP contribution in [0.2, 0.25) is 0 Å². The molecule has 2 aliphatic rings. The number of hydrogen-bond donors (Lipinski definition) is 1. The number of fused-ring (bicyclic) bond motifs is 1. The SMILES string of the molecule is Cc1cc(N2CCN3C(=O)CCC3C2)ccc1C(N)=S. The number of hydrogen-bond acceptors (Lipinski definition) is 3. The zero-order chi connectivity index (χ0) is 14.3. The number of thiocarbonyl (C=S) groups is 1. The van der Waals surface area contributed by atoms with Crippen LogP contribution in [0.1, 0.15) is 24.0 Å². The normalized spacial score (nSPS) is 22.1. The van der Waals surface area contributed by atoms with Gasteiger partial charge in [0.1, 0.15) is 4.99 Å². The second-order valence-electron chi connectivity index (χ2n) is 5.59. The summed E-state index contributed by atoms with van der Waals surface area (Å²) in [5.41, 5.74) is 8.95. The second-order valence-corrected chi connectivity index (χ2v) is 6.03. The van der Waals surface area contributed by atoms with Gasteiger partial charge in [-0.1, -0.05) is 12.2 Å². The maximum absolute atomic E-state index is 11.7. The zero-order valence-corrected chi connectivity index (χ0v) is 12.4. The Hall–Kier alpha value is -1.62. The summed E-state index contributed by atoms with van der Waals surface area (Å²) >= 11 is 5.04. The highest BCUT2D eigenvalue weighted by Gasteiger charge is 2.35. The highest BCUT2D eigenvalue weighted by molar-refractivity contribution is 7.80. The molecule has 0 aliphatic carbocycles. The van der Waals surface area contributed by atoms with Gasteiger partial charge in [0.2, 0.25) is 5.91 Å². The number of nitrogens with zero attached hydrogens (tertiary/aromatic N) is 2. The van der Waals surface area contributed by atoms with Crippen LogP contribution < -0.4 is 10.6 Å². The topological polar surface area (TPSA) is 49.6 Å². The Morgan fingerprint density at radius 1 is 1.40 bits per heavy atom. The average molecular weight is 289 g/mol. The Kier molecular flexibility index (Phi) is 3.38. The molecule has 3 rings (SSSR count). The van der Waals surface area contributed by atoms with E-state index in [0.717, 1.165) is 37.2 Å². The van der Waals surface area contributed by atoms with Crippen molar-refractivity contribution in [2.24, 2.45) is 5.73 Å². The summed E-state index contributed by atoms with van der Waals surface area (Å²) in [6.07, 6.45) is 1.69. The van der Waals surface area contributed by atoms with Crippen molar-refractivity contribution in [3.05, 3.63) is 29.3 Å². The molecular formula is C15H19N3OS. The van der Waals surface area contributed by atoms with Gasteiger partial charge in [-0.05, 0) is 37.1 Å². The standard InChI is InChI=1S/C15H19N3OS/c1-10-8-11(2-4-13(10)15(16)20)17-6-7-18-12(9-17)3-5-14(18)19/h2,4,8,12H,3,5-7,9H2,1H3,(H2,16,20). The summed E-state index contributed by atoms with van der Waals surface area (Å²) in [4.78, 5) is 16.5. The van der Waals surface area contributed by atoms with Crippen molar-refractivity contribution in [2.75, 3.05) is 24.5 Å². The summed E-state index contributed by atoms with van der Waals surface area (Å²) < 4.78 is 0. The van der Waals surface area contributed by atoms with Crippen LogP contribution >= 0.6 is 12.2 Å². The average Bonchev–Trinajstić information content (AvgIpc) is 2.79. The van der Waals surface area contributed by atoms with Crippen LogP contribution in [0.25, 0.3) is 0 Å². The van der Waals surface area contributed by atoms with Crippen LogP contribution in [0.15, 0.2) is 18.2 Å². The molecule has 2 heterocycles. The third kappa shape index (κ3) is 2.26. The maximum atomic E-state index is 11.7. The molecule has 106 valence electrons. The van der Waals surface area contributed by atoms with Crippen LogP contribution in [0.3, 0.4) is 0 Å². The minimum atomic E-state index is 0.314. The van der Waals surface area contributed by atoms with Gasteiger partial charge in [0.15, 0.2) is 0 Å². The molecule has 2 fully saturated rings. The van der Waals surface area contributed by atoms with Crippen LogP contribution in [0, 0.1) is 6.92 Å². The van der Waals surface area contributed by atoms with E-state index >= 15 is 0 Å². The molecule has 5 heteroatoms. The van der Waals surface area contributed by atoms with E-state index in [1.54, 1.807) is 0 Å². The predicted molar refractivity (Wildman–Crippen MR) is 84.0 cm³/mol. The summed E-state index contributed by atoms with van der Waals surface area (Å²) in [6, 6.07) is 6.60. The summed E-state index contributed by atoms with van der Waals surface area (Å²) in [6.45, 7) is 4.69. The molecule has 2 aliphatic heterocycles. The minimum absolute atomic E-state index is 0.314. The van der Waals surface area contributed by atoms with E-state index in [2.05, 4.69) is 17.0 Å². The molecular weight excluding hydrogens is 270 g/mol. The number of carbonyl (C=O) groups is 1. The first-order chi connectivity index (χ1) is 9.56. The van der Waals surface area contributed by atoms with Crippen molar-refractivity contribution in [3.8, 4) is 0 Å². The van der Waals surface area contributed by atoms with Crippen molar-refractivity contribution < 1.29 is 4.79 Å². The van der Waals surface area contributed by atoms with Gasteiger partial charge in [-0.2, -0.15) is 0 Å². The van der Waals surface area contributed by atoms with E-state index in [1.807, 2.05) is 17.9 Å². The smallest absolute Gasteiger partial charge is 0.223 e. The first-order valence-electron chi connectivity index (χ1n) is 7.01. The molecule has 2 saturated heterocycles. The van der Waals surface area contributed by atoms with Gasteiger partial charge in [0.25, 0.3) is 0 Å². The number of anilines is 1. The number of piperazine rings is 1. The molecule has 1 aromatic rings. The van der Waals surface area contributed by atoms with Gasteiger partial charge in [0.05, 0.1) is 0 Å². The lowest BCUT2D eigenvalue weighted by atomic mass is 10.1. The Balaban J connectivity index is 1.79. The van der Waals surface area contributed by atoms with Gasteiger partial charge >= 0.3 is 0 Å². The predicted octanol–water partition coefficient (Wildman–Crippen LogP) is 1.44. The van der Waals surface area contributed by atoms with E-state index in [-0.39, 0.29) is 0 Å². The number of nitrogens with two attached hydrogens (primary N) is 1. The van der Waals surface area contributed by atoms with E-state index < -0.39 is 0 Å². The number of aryl methyl sites for hydroxylation is 1. The Bertz CT molecular complexity index is 572. The van der Waals surface area contributed by atoms with Crippen molar-refractivity contribution in [1.82, 2.24) is 4.90 Å². The minimum Gasteiger partial charge on any atom is -0.389 e. The Morgan fingerprint density at radius 2 is 2.20 bits per heavy atom. The van der Waals surface area contributed by atoms with Crippen molar-refractivity contribution in [1.29, 1.82) is 0 Å². The molecule has 20 heavy (non-hydrogen) atoms. The molecule has 1 unspecified atom stereocenters. The third-order valence-corrected chi connectivity index (χ3v) is 4.56. The molecule has 2 N–H and O–H groups in total. The van der Waals surface area contributed by atoms with E-state index in [4.69, 9.17) is 18.0 Å². The third-order valence-electron chi connectivity index (χ3n) is 4.34. The molecule has 1 aromatic carbocycles. The second kappa shape index (κ2) is 5.05. The summed E-state index contributed by atoms with van der Waals surface area (Å²) in [5, 5.41) is 0. The molecule has 0 saturated carbocycles. The van der Waals surface area contributed by atoms with Gasteiger partial charge in [-0.3, -0.25) is 4.79 Å². The van der Waals surface area contributed by atoms with Crippen LogP contribution in [-0.2, 0) is 4.79 Å². The maximum Gasteiger partial charge on any atom is 0.223 e. The fraction of sp³-hybridized carbons (Fsp3) is 0.467. The molecule has 0 aromatic heterocycles. The van der Waals surface area contributed by atoms with Gasteiger partial charge in [-0.15, -0.1) is 0 Å². The number of rotatable bonds is 2. The van der Waals surface area contributed by atoms with Crippen LogP contribution in [-0.4, -0.2) is 41.5 Å². The van der Waals surface area contributed by atoms with Crippen molar-refractivity contribution in [3.63, 3.8) is 0 Å². The van der Waals surface area contributed by atoms with Gasteiger partial charge in [-0.25, -0.2) is 0 Å². The van der Waals surface area contributed by atoms with Crippen molar-refractivity contribution in [2.45, 2.75) is 25.8 Å². The fourth-order valence-electron chi connectivity index (χ4n) is 3.22. The molecule has 0 radical (unpaired) electrons. The lowest BCUT2D eigenvalue weighted by molar-refractivity contribution is -0.129. The quantitative estimate of drug-likeness (QED) is 0.837. The monoisotopic (exact) mass is 289 g/mol. The number of carbonyl (C=O) groups excluding carboxylic acids is 1. The molecule has 0 spiro atoms. The number of amides is 1. The summed E-state index contributed by atoms with van der Waals surface area (Å²) in [5.74, 6) is 0.314. The summed E-state index contributed by atoms with van der Waals surface area (Å²) in [7, 11) is 0. The van der Waals surface area contributed by atoms with Crippen LogP contribution in [0.4, 0.5) is 5.69 Å². The van der Waals surface area contributed by atoms with Crippen LogP contribution in [0.5, 0.6) is 0 Å². The zero-order valence-electron chi connectivity index (χ0n) is 11.6. The molecule has 0 bridgehead atoms. The lowest BCUT2D eigenvalue weighted by Gasteiger charge is -2.39. The van der Waals surface area contributed by atoms with E-state index in [1.165, 1.54) is 5.69 Å². The van der Waals surface area contributed by atoms with Gasteiger partial charge in [0, 0.05) is 43.3 Å². The highest BCUT2D eigenvalue weighted by Crippen LogP contribution is 2.27. The first kappa shape index (κ1) is 13.4. The van der Waals surface area contributed by atoms with E-state index in [0.29, 0.717) is 23.4 Å². The molecule has 1 atom stereocenters. The first-order valence-corrected chi connectivity index (χ1v) is 7.42. The van der Waals surface area contributed by atoms with Gasteiger partial charge < -0.3 is 15.5 Å². The highest BCUT2D eigenvalue weighted by atomic mass is 32.1. The Morgan fingerprint density at radius 3 is 2.90 bits per heavy atom. The largest absolute Gasteiger partial charge is 0.389 e. The number of benzene rings is 1. The van der Waals surface area contributed by atoms with Crippen molar-refractivity contribution >= 4 is 28.8 Å². The molecule has 1 amide bonds. The van der Waals surface area contributed by atoms with E-state index in [9.17, 15) is 4.79 Å². The molecule has 4 nitrogen and oxygen atoms in total.